The smallest absolute Gasteiger partial charge is 0.291 e. The first-order chi connectivity index (χ1) is 13.6. The molecule has 2 N–H and O–H groups in total. The third-order valence-corrected chi connectivity index (χ3v) is 5.04. The number of anilines is 2. The lowest BCUT2D eigenvalue weighted by Gasteiger charge is -2.10. The fourth-order valence-corrected chi connectivity index (χ4v) is 3.65. The lowest BCUT2D eigenvalue weighted by molar-refractivity contribution is -0.118. The van der Waals surface area contributed by atoms with Gasteiger partial charge in [-0.3, -0.25) is 9.59 Å². The molecule has 3 rings (SSSR count). The van der Waals surface area contributed by atoms with Crippen LogP contribution in [0.25, 0.3) is 11.0 Å². The number of benzene rings is 2. The second kappa shape index (κ2) is 8.08. The molecular formula is C21H22N2O5S. The van der Waals surface area contributed by atoms with Gasteiger partial charge in [0.15, 0.2) is 15.6 Å². The third kappa shape index (κ3) is 5.03. The molecule has 3 aromatic rings. The van der Waals surface area contributed by atoms with E-state index in [0.29, 0.717) is 27.9 Å². The minimum Gasteiger partial charge on any atom is -0.451 e. The van der Waals surface area contributed by atoms with Crippen LogP contribution in [-0.4, -0.2) is 26.5 Å². The molecule has 1 aromatic heterocycles. The zero-order valence-corrected chi connectivity index (χ0v) is 17.2. The van der Waals surface area contributed by atoms with Crippen molar-refractivity contribution in [2.45, 2.75) is 19.6 Å². The summed E-state index contributed by atoms with van der Waals surface area (Å²) >= 11 is 0. The quantitative estimate of drug-likeness (QED) is 0.638. The molecule has 0 aliphatic heterocycles. The summed E-state index contributed by atoms with van der Waals surface area (Å²) in [4.78, 5) is 24.7. The van der Waals surface area contributed by atoms with Gasteiger partial charge in [0.2, 0.25) is 5.91 Å². The number of hydrogen-bond acceptors (Lipinski definition) is 5. The molecule has 29 heavy (non-hydrogen) atoms. The Balaban J connectivity index is 1.91. The van der Waals surface area contributed by atoms with Crippen molar-refractivity contribution in [1.29, 1.82) is 0 Å². The van der Waals surface area contributed by atoms with E-state index in [1.807, 2.05) is 0 Å². The molecule has 0 atom stereocenters. The summed E-state index contributed by atoms with van der Waals surface area (Å²) in [7, 11) is -3.38. The van der Waals surface area contributed by atoms with Crippen LogP contribution in [0.4, 0.5) is 11.4 Å². The minimum absolute atomic E-state index is 0.0479. The molecule has 0 radical (unpaired) electrons. The molecule has 8 heteroatoms. The Morgan fingerprint density at radius 1 is 1.00 bits per heavy atom. The summed E-state index contributed by atoms with van der Waals surface area (Å²) in [6, 6.07) is 13.6. The predicted molar refractivity (Wildman–Crippen MR) is 113 cm³/mol. The Morgan fingerprint density at radius 3 is 2.31 bits per heavy atom. The van der Waals surface area contributed by atoms with Crippen LogP contribution in [0.2, 0.25) is 0 Å². The average molecular weight is 414 g/mol. The molecule has 0 bridgehead atoms. The van der Waals surface area contributed by atoms with E-state index in [-0.39, 0.29) is 23.3 Å². The van der Waals surface area contributed by atoms with Crippen molar-refractivity contribution in [2.24, 2.45) is 5.92 Å². The highest BCUT2D eigenvalue weighted by atomic mass is 32.2. The van der Waals surface area contributed by atoms with Gasteiger partial charge in [-0.25, -0.2) is 8.42 Å². The fraction of sp³-hybridized carbons (Fsp3) is 0.238. The third-order valence-electron chi connectivity index (χ3n) is 4.22. The van der Waals surface area contributed by atoms with E-state index in [0.717, 1.165) is 6.26 Å². The minimum atomic E-state index is -3.38. The molecule has 2 amide bonds. The van der Waals surface area contributed by atoms with Crippen LogP contribution in [0.5, 0.6) is 0 Å². The molecule has 0 saturated carbocycles. The highest BCUT2D eigenvalue weighted by Crippen LogP contribution is 2.28. The summed E-state index contributed by atoms with van der Waals surface area (Å²) in [5, 5.41) is 6.06. The number of carbonyl (C=O) groups excluding carboxylic acids is 2. The Labute approximate surface area is 169 Å². The van der Waals surface area contributed by atoms with Gasteiger partial charge in [-0.1, -0.05) is 38.1 Å². The van der Waals surface area contributed by atoms with E-state index in [1.54, 1.807) is 62.4 Å². The lowest BCUT2D eigenvalue weighted by atomic mass is 10.1. The van der Waals surface area contributed by atoms with Crippen molar-refractivity contribution >= 4 is 44.0 Å². The topological polar surface area (TPSA) is 105 Å². The largest absolute Gasteiger partial charge is 0.451 e. The van der Waals surface area contributed by atoms with E-state index in [1.165, 1.54) is 0 Å². The highest BCUT2D eigenvalue weighted by Gasteiger charge is 2.23. The monoisotopic (exact) mass is 414 g/mol. The number of nitrogens with one attached hydrogen (secondary N) is 2. The average Bonchev–Trinajstić information content (AvgIpc) is 2.99. The maximum absolute atomic E-state index is 12.8. The lowest BCUT2D eigenvalue weighted by Crippen LogP contribution is -2.18. The number of fused-ring (bicyclic) bond motifs is 1. The first-order valence-electron chi connectivity index (χ1n) is 9.04. The number of hydrogen-bond donors (Lipinski definition) is 2. The molecule has 0 unspecified atom stereocenters. The highest BCUT2D eigenvalue weighted by molar-refractivity contribution is 7.89. The van der Waals surface area contributed by atoms with Crippen molar-refractivity contribution in [3.63, 3.8) is 0 Å². The second-order valence-electron chi connectivity index (χ2n) is 7.15. The zero-order valence-electron chi connectivity index (χ0n) is 16.4. The second-order valence-corrected chi connectivity index (χ2v) is 9.30. The van der Waals surface area contributed by atoms with Crippen molar-refractivity contribution in [1.82, 2.24) is 0 Å². The van der Waals surface area contributed by atoms with Crippen LogP contribution in [0.3, 0.4) is 0 Å². The summed E-state index contributed by atoms with van der Waals surface area (Å²) in [6.45, 7) is 3.57. The van der Waals surface area contributed by atoms with E-state index in [9.17, 15) is 18.0 Å². The molecule has 0 aliphatic carbocycles. The van der Waals surface area contributed by atoms with Gasteiger partial charge < -0.3 is 15.1 Å². The summed E-state index contributed by atoms with van der Waals surface area (Å²) in [6.07, 6.45) is 1.11. The van der Waals surface area contributed by atoms with Crippen molar-refractivity contribution in [2.75, 3.05) is 16.9 Å². The number of amides is 2. The SMILES string of the molecule is CC(C)C(=O)Nc1cccc(NC(=O)c2oc3ccccc3c2CS(C)(=O)=O)c1. The van der Waals surface area contributed by atoms with Crippen molar-refractivity contribution < 1.29 is 22.4 Å². The van der Waals surface area contributed by atoms with E-state index in [4.69, 9.17) is 4.42 Å². The van der Waals surface area contributed by atoms with Crippen molar-refractivity contribution in [3.8, 4) is 0 Å². The van der Waals surface area contributed by atoms with Gasteiger partial charge in [0.25, 0.3) is 5.91 Å². The first kappa shape index (κ1) is 20.6. The van der Waals surface area contributed by atoms with Crippen LogP contribution < -0.4 is 10.6 Å². The van der Waals surface area contributed by atoms with Crippen LogP contribution in [0.15, 0.2) is 52.9 Å². The summed E-state index contributed by atoms with van der Waals surface area (Å²) in [5.41, 5.74) is 1.75. The van der Waals surface area contributed by atoms with Crippen LogP contribution in [0, 0.1) is 5.92 Å². The summed E-state index contributed by atoms with van der Waals surface area (Å²) in [5.74, 6) is -1.24. The molecule has 7 nitrogen and oxygen atoms in total. The molecular weight excluding hydrogens is 392 g/mol. The molecule has 0 fully saturated rings. The van der Waals surface area contributed by atoms with E-state index in [2.05, 4.69) is 10.6 Å². The molecule has 152 valence electrons. The van der Waals surface area contributed by atoms with E-state index < -0.39 is 15.7 Å². The fourth-order valence-electron chi connectivity index (χ4n) is 2.84. The van der Waals surface area contributed by atoms with Gasteiger partial charge >= 0.3 is 0 Å². The predicted octanol–water partition coefficient (Wildman–Crippen LogP) is 3.82. The number of sulfone groups is 1. The normalized spacial score (nSPS) is 11.6. The number of rotatable bonds is 6. The van der Waals surface area contributed by atoms with E-state index >= 15 is 0 Å². The number of furan rings is 1. The Hall–Kier alpha value is -3.13. The van der Waals surface area contributed by atoms with Crippen LogP contribution >= 0.6 is 0 Å². The number of carbonyl (C=O) groups is 2. The first-order valence-corrected chi connectivity index (χ1v) is 11.1. The van der Waals surface area contributed by atoms with Gasteiger partial charge in [0.1, 0.15) is 5.58 Å². The Morgan fingerprint density at radius 2 is 1.66 bits per heavy atom. The van der Waals surface area contributed by atoms with Gasteiger partial charge in [-0.05, 0) is 24.3 Å². The molecule has 0 saturated heterocycles. The molecule has 0 aliphatic rings. The Kier molecular flexibility index (Phi) is 5.74. The number of para-hydroxylation sites is 1. The van der Waals surface area contributed by atoms with Gasteiger partial charge in [0, 0.05) is 34.5 Å². The Bertz CT molecular complexity index is 1180. The molecule has 2 aromatic carbocycles. The van der Waals surface area contributed by atoms with Gasteiger partial charge in [-0.15, -0.1) is 0 Å². The van der Waals surface area contributed by atoms with Gasteiger partial charge in [0.05, 0.1) is 5.75 Å². The van der Waals surface area contributed by atoms with Crippen molar-refractivity contribution in [3.05, 3.63) is 59.9 Å². The van der Waals surface area contributed by atoms with Crippen LogP contribution in [-0.2, 0) is 20.4 Å². The summed E-state index contributed by atoms with van der Waals surface area (Å²) < 4.78 is 29.4. The molecule has 1 heterocycles. The van der Waals surface area contributed by atoms with Gasteiger partial charge in [-0.2, -0.15) is 0 Å². The standard InChI is InChI=1S/C21H22N2O5S/c1-13(2)20(24)22-14-7-6-8-15(11-14)23-21(25)19-17(12-29(3,26)27)16-9-4-5-10-18(16)28-19/h4-11,13H,12H2,1-3H3,(H,22,24)(H,23,25). The maximum atomic E-state index is 12.8. The zero-order chi connectivity index (χ0) is 21.2. The maximum Gasteiger partial charge on any atom is 0.291 e. The van der Waals surface area contributed by atoms with Crippen LogP contribution in [0.1, 0.15) is 30.0 Å². The molecule has 0 spiro atoms.